The van der Waals surface area contributed by atoms with E-state index in [1.54, 1.807) is 67.8 Å². The molecule has 4 rings (SSSR count). The minimum Gasteiger partial charge on any atom is -0.493 e. The topological polar surface area (TPSA) is 82.5 Å². The zero-order valence-corrected chi connectivity index (χ0v) is 19.4. The monoisotopic (exact) mass is 481 g/mol. The number of para-hydroxylation sites is 1. The minimum absolute atomic E-state index is 0.0414. The second-order valence-corrected chi connectivity index (χ2v) is 8.32. The van der Waals surface area contributed by atoms with Crippen LogP contribution >= 0.6 is 23.4 Å². The van der Waals surface area contributed by atoms with Gasteiger partial charge in [-0.3, -0.25) is 14.2 Å². The molecule has 7 nitrogen and oxygen atoms in total. The number of benzene rings is 3. The molecule has 0 bridgehead atoms. The van der Waals surface area contributed by atoms with Crippen molar-refractivity contribution in [2.24, 2.45) is 0 Å². The van der Waals surface area contributed by atoms with Gasteiger partial charge < -0.3 is 14.8 Å². The summed E-state index contributed by atoms with van der Waals surface area (Å²) in [6.45, 7) is 0. The average molecular weight is 482 g/mol. The number of hydrogen-bond acceptors (Lipinski definition) is 6. The van der Waals surface area contributed by atoms with Gasteiger partial charge in [0.05, 0.1) is 36.6 Å². The number of aromatic nitrogens is 2. The Kier molecular flexibility index (Phi) is 6.86. The second kappa shape index (κ2) is 9.97. The van der Waals surface area contributed by atoms with Crippen LogP contribution in [-0.2, 0) is 4.79 Å². The van der Waals surface area contributed by atoms with Gasteiger partial charge in [-0.15, -0.1) is 0 Å². The molecule has 1 amide bonds. The van der Waals surface area contributed by atoms with E-state index < -0.39 is 0 Å². The van der Waals surface area contributed by atoms with Crippen LogP contribution in [0, 0.1) is 0 Å². The van der Waals surface area contributed by atoms with Crippen LogP contribution in [0.3, 0.4) is 0 Å². The molecule has 1 aromatic heterocycles. The molecule has 4 aromatic rings. The summed E-state index contributed by atoms with van der Waals surface area (Å²) in [4.78, 5) is 30.6. The highest BCUT2D eigenvalue weighted by atomic mass is 35.5. The van der Waals surface area contributed by atoms with E-state index in [4.69, 9.17) is 21.1 Å². The summed E-state index contributed by atoms with van der Waals surface area (Å²) in [7, 11) is 3.07. The molecule has 0 atom stereocenters. The quantitative estimate of drug-likeness (QED) is 0.302. The fourth-order valence-corrected chi connectivity index (χ4v) is 4.29. The number of anilines is 1. The number of nitrogens with zero attached hydrogens (tertiary/aromatic N) is 2. The molecule has 0 saturated carbocycles. The molecule has 1 heterocycles. The number of carbonyl (C=O) groups excluding carboxylic acids is 1. The van der Waals surface area contributed by atoms with Gasteiger partial charge in [0.25, 0.3) is 5.56 Å². The van der Waals surface area contributed by atoms with E-state index in [1.165, 1.54) is 11.7 Å². The Balaban J connectivity index is 1.62. The number of rotatable bonds is 7. The molecule has 0 aliphatic rings. The fourth-order valence-electron chi connectivity index (χ4n) is 3.29. The minimum atomic E-state index is -0.257. The van der Waals surface area contributed by atoms with Gasteiger partial charge in [-0.2, -0.15) is 0 Å². The van der Waals surface area contributed by atoms with Crippen molar-refractivity contribution >= 4 is 45.9 Å². The van der Waals surface area contributed by atoms with Gasteiger partial charge in [-0.05, 0) is 42.5 Å². The van der Waals surface area contributed by atoms with Crippen LogP contribution in [0.5, 0.6) is 11.5 Å². The lowest BCUT2D eigenvalue weighted by Gasteiger charge is -2.14. The molecule has 33 heavy (non-hydrogen) atoms. The number of carbonyl (C=O) groups is 1. The maximum atomic E-state index is 13.3. The molecule has 0 spiro atoms. The molecule has 9 heteroatoms. The van der Waals surface area contributed by atoms with E-state index >= 15 is 0 Å². The van der Waals surface area contributed by atoms with E-state index in [1.807, 2.05) is 6.07 Å². The van der Waals surface area contributed by atoms with Crippen molar-refractivity contribution < 1.29 is 14.3 Å². The van der Waals surface area contributed by atoms with Crippen molar-refractivity contribution in [3.8, 4) is 17.2 Å². The summed E-state index contributed by atoms with van der Waals surface area (Å²) >= 11 is 7.32. The third-order valence-corrected chi connectivity index (χ3v) is 5.98. The number of fused-ring (bicyclic) bond motifs is 1. The fraction of sp³-hybridized carbons (Fsp3) is 0.125. The SMILES string of the molecule is COc1ccc(NC(=O)CSc2nc3ccccc3c(=O)n2-c2cccc(Cl)c2)cc1OC. The highest BCUT2D eigenvalue weighted by molar-refractivity contribution is 7.99. The normalized spacial score (nSPS) is 10.8. The predicted octanol–water partition coefficient (Wildman–Crippen LogP) is 4.79. The van der Waals surface area contributed by atoms with E-state index in [0.717, 1.165) is 11.8 Å². The van der Waals surface area contributed by atoms with Crippen LogP contribution in [0.25, 0.3) is 16.6 Å². The van der Waals surface area contributed by atoms with Gasteiger partial charge in [-0.25, -0.2) is 4.98 Å². The predicted molar refractivity (Wildman–Crippen MR) is 131 cm³/mol. The smallest absolute Gasteiger partial charge is 0.266 e. The lowest BCUT2D eigenvalue weighted by Crippen LogP contribution is -2.23. The molecule has 0 unspecified atom stereocenters. The van der Waals surface area contributed by atoms with Gasteiger partial charge in [0.15, 0.2) is 16.7 Å². The van der Waals surface area contributed by atoms with Crippen LogP contribution in [0.2, 0.25) is 5.02 Å². The van der Waals surface area contributed by atoms with Gasteiger partial charge in [0.1, 0.15) is 0 Å². The average Bonchev–Trinajstić information content (AvgIpc) is 2.82. The van der Waals surface area contributed by atoms with Crippen LogP contribution < -0.4 is 20.3 Å². The number of thioether (sulfide) groups is 1. The summed E-state index contributed by atoms with van der Waals surface area (Å²) < 4.78 is 12.0. The van der Waals surface area contributed by atoms with Crippen molar-refractivity contribution in [2.75, 3.05) is 25.3 Å². The molecule has 3 aromatic carbocycles. The summed E-state index contributed by atoms with van der Waals surface area (Å²) in [5.41, 5.74) is 1.47. The molecule has 0 aliphatic carbocycles. The third kappa shape index (κ3) is 4.97. The third-order valence-electron chi connectivity index (χ3n) is 4.81. The number of nitrogens with one attached hydrogen (secondary N) is 1. The number of amides is 1. The summed E-state index contributed by atoms with van der Waals surface area (Å²) in [5, 5.41) is 4.20. The van der Waals surface area contributed by atoms with Gasteiger partial charge in [0, 0.05) is 16.8 Å². The molecular weight excluding hydrogens is 462 g/mol. The van der Waals surface area contributed by atoms with Crippen molar-refractivity contribution in [3.05, 3.63) is 82.1 Å². The summed E-state index contributed by atoms with van der Waals surface area (Å²) in [6, 6.07) is 19.2. The van der Waals surface area contributed by atoms with Crippen LogP contribution in [0.4, 0.5) is 5.69 Å². The first-order chi connectivity index (χ1) is 16.0. The van der Waals surface area contributed by atoms with Crippen molar-refractivity contribution in [1.82, 2.24) is 9.55 Å². The molecule has 0 radical (unpaired) electrons. The largest absolute Gasteiger partial charge is 0.493 e. The maximum absolute atomic E-state index is 13.3. The molecule has 0 fully saturated rings. The standard InChI is InChI=1S/C24H20ClN3O4S/c1-31-20-11-10-16(13-21(20)32-2)26-22(29)14-33-24-27-19-9-4-3-8-18(19)23(30)28(24)17-7-5-6-15(25)12-17/h3-13H,14H2,1-2H3,(H,26,29). The van der Waals surface area contributed by atoms with Crippen molar-refractivity contribution in [1.29, 1.82) is 0 Å². The first kappa shape index (κ1) is 22.7. The lowest BCUT2D eigenvalue weighted by molar-refractivity contribution is -0.113. The number of ether oxygens (including phenoxy) is 2. The van der Waals surface area contributed by atoms with E-state index in [0.29, 0.717) is 44.0 Å². The second-order valence-electron chi connectivity index (χ2n) is 6.94. The molecule has 1 N–H and O–H groups in total. The van der Waals surface area contributed by atoms with E-state index in [-0.39, 0.29) is 17.2 Å². The Morgan fingerprint density at radius 3 is 2.58 bits per heavy atom. The Bertz CT molecular complexity index is 1390. The zero-order chi connectivity index (χ0) is 23.4. The summed E-state index contributed by atoms with van der Waals surface area (Å²) in [5.74, 6) is 0.858. The molecular formula is C24H20ClN3O4S. The number of halogens is 1. The molecule has 0 aliphatic heterocycles. The van der Waals surface area contributed by atoms with Gasteiger partial charge in [-0.1, -0.05) is 41.6 Å². The Morgan fingerprint density at radius 1 is 1.03 bits per heavy atom. The Labute approximate surface area is 199 Å². The first-order valence-electron chi connectivity index (χ1n) is 9.92. The first-order valence-corrected chi connectivity index (χ1v) is 11.3. The highest BCUT2D eigenvalue weighted by Crippen LogP contribution is 2.30. The Hall–Kier alpha value is -3.49. The van der Waals surface area contributed by atoms with E-state index in [9.17, 15) is 9.59 Å². The zero-order valence-electron chi connectivity index (χ0n) is 17.9. The number of hydrogen-bond donors (Lipinski definition) is 1. The van der Waals surface area contributed by atoms with Crippen molar-refractivity contribution in [3.63, 3.8) is 0 Å². The lowest BCUT2D eigenvalue weighted by atomic mass is 10.2. The van der Waals surface area contributed by atoms with Crippen LogP contribution in [-0.4, -0.2) is 35.4 Å². The maximum Gasteiger partial charge on any atom is 0.266 e. The van der Waals surface area contributed by atoms with Gasteiger partial charge >= 0.3 is 0 Å². The number of methoxy groups -OCH3 is 2. The van der Waals surface area contributed by atoms with Crippen LogP contribution in [0.15, 0.2) is 76.7 Å². The molecule has 0 saturated heterocycles. The summed E-state index contributed by atoms with van der Waals surface area (Å²) in [6.07, 6.45) is 0. The van der Waals surface area contributed by atoms with Crippen LogP contribution in [0.1, 0.15) is 0 Å². The Morgan fingerprint density at radius 2 is 1.82 bits per heavy atom. The van der Waals surface area contributed by atoms with Crippen molar-refractivity contribution in [2.45, 2.75) is 5.16 Å². The van der Waals surface area contributed by atoms with Gasteiger partial charge in [0.2, 0.25) is 5.91 Å². The highest BCUT2D eigenvalue weighted by Gasteiger charge is 2.15. The molecule has 168 valence electrons. The van der Waals surface area contributed by atoms with E-state index in [2.05, 4.69) is 10.3 Å².